The van der Waals surface area contributed by atoms with Crippen molar-refractivity contribution in [2.75, 3.05) is 5.32 Å². The molecule has 0 saturated carbocycles. The maximum atomic E-state index is 13.4. The van der Waals surface area contributed by atoms with Crippen LogP contribution >= 0.6 is 15.9 Å². The number of carboxylic acid groups (broad SMARTS) is 2. The molecule has 21 heavy (non-hydrogen) atoms. The minimum absolute atomic E-state index is 0.153. The third kappa shape index (κ3) is 4.99. The van der Waals surface area contributed by atoms with E-state index in [1.54, 1.807) is 0 Å². The van der Waals surface area contributed by atoms with E-state index >= 15 is 0 Å². The van der Waals surface area contributed by atoms with E-state index in [1.807, 2.05) is 10.6 Å². The molecule has 0 spiro atoms. The Morgan fingerprint density at radius 1 is 1.19 bits per heavy atom. The maximum Gasteiger partial charge on any atom is 0.326 e. The van der Waals surface area contributed by atoms with E-state index in [0.29, 0.717) is 6.07 Å². The lowest BCUT2D eigenvalue weighted by Gasteiger charge is -2.13. The summed E-state index contributed by atoms with van der Waals surface area (Å²) in [7, 11) is 0. The molecule has 0 radical (unpaired) electrons. The van der Waals surface area contributed by atoms with Gasteiger partial charge in [-0.2, -0.15) is 0 Å². The van der Waals surface area contributed by atoms with Crippen molar-refractivity contribution >= 4 is 39.6 Å². The highest BCUT2D eigenvalue weighted by atomic mass is 79.9. The van der Waals surface area contributed by atoms with E-state index in [-0.39, 0.29) is 4.47 Å². The average Bonchev–Trinajstić information content (AvgIpc) is 2.34. The van der Waals surface area contributed by atoms with Crippen LogP contribution in [-0.4, -0.2) is 34.2 Å². The molecule has 4 N–H and O–H groups in total. The zero-order valence-electron chi connectivity index (χ0n) is 10.2. The summed E-state index contributed by atoms with van der Waals surface area (Å²) in [6, 6.07) is -1.42. The number of urea groups is 1. The standard InChI is InChI=1S/C11H9BrF2N2O5/c12-4-1-6(14)7(2-5(4)13)15-11(21)16-8(10(19)20)3-9(17)18/h1-2,8H,3H2,(H,17,18)(H,19,20)(H2,15,16,21)/t8-/m0/s1. The fraction of sp³-hybridized carbons (Fsp3) is 0.182. The van der Waals surface area contributed by atoms with Gasteiger partial charge >= 0.3 is 18.0 Å². The van der Waals surface area contributed by atoms with Crippen LogP contribution in [0.25, 0.3) is 0 Å². The molecule has 1 atom stereocenters. The molecule has 0 aliphatic heterocycles. The SMILES string of the molecule is O=C(O)C[C@H](NC(=O)Nc1cc(F)c(Br)cc1F)C(=O)O. The summed E-state index contributed by atoms with van der Waals surface area (Å²) >= 11 is 2.75. The van der Waals surface area contributed by atoms with E-state index in [4.69, 9.17) is 10.2 Å². The molecule has 2 amide bonds. The van der Waals surface area contributed by atoms with Crippen LogP contribution in [0.15, 0.2) is 16.6 Å². The van der Waals surface area contributed by atoms with E-state index in [2.05, 4.69) is 15.9 Å². The molecule has 0 unspecified atom stereocenters. The second-order valence-corrected chi connectivity index (χ2v) is 4.69. The molecule has 10 heteroatoms. The van der Waals surface area contributed by atoms with Crippen LogP contribution in [0.2, 0.25) is 0 Å². The Balaban J connectivity index is 2.79. The summed E-state index contributed by atoms with van der Waals surface area (Å²) in [4.78, 5) is 32.7. The van der Waals surface area contributed by atoms with Gasteiger partial charge in [0.25, 0.3) is 0 Å². The first-order valence-corrected chi connectivity index (χ1v) is 6.16. The molecule has 0 heterocycles. The molecule has 0 bridgehead atoms. The summed E-state index contributed by atoms with van der Waals surface area (Å²) in [6.45, 7) is 0. The number of carboxylic acids is 2. The number of aliphatic carboxylic acids is 2. The highest BCUT2D eigenvalue weighted by Gasteiger charge is 2.23. The van der Waals surface area contributed by atoms with Crippen molar-refractivity contribution in [3.05, 3.63) is 28.2 Å². The largest absolute Gasteiger partial charge is 0.481 e. The van der Waals surface area contributed by atoms with Gasteiger partial charge in [-0.25, -0.2) is 18.4 Å². The first-order chi connectivity index (χ1) is 9.70. The fourth-order valence-corrected chi connectivity index (χ4v) is 1.63. The lowest BCUT2D eigenvalue weighted by atomic mass is 10.2. The maximum absolute atomic E-state index is 13.4. The predicted octanol–water partition coefficient (Wildman–Crippen LogP) is 1.78. The van der Waals surface area contributed by atoms with E-state index in [0.717, 1.165) is 6.07 Å². The van der Waals surface area contributed by atoms with E-state index in [1.165, 1.54) is 0 Å². The number of nitrogens with one attached hydrogen (secondary N) is 2. The van der Waals surface area contributed by atoms with Crippen LogP contribution in [0, 0.1) is 11.6 Å². The van der Waals surface area contributed by atoms with Gasteiger partial charge in [-0.05, 0) is 22.0 Å². The van der Waals surface area contributed by atoms with Crippen molar-refractivity contribution < 1.29 is 33.4 Å². The lowest BCUT2D eigenvalue weighted by molar-refractivity contribution is -0.145. The van der Waals surface area contributed by atoms with Gasteiger partial charge in [0.1, 0.15) is 17.7 Å². The Kier molecular flexibility index (Phi) is 5.59. The minimum Gasteiger partial charge on any atom is -0.481 e. The number of benzene rings is 1. The van der Waals surface area contributed by atoms with Crippen LogP contribution in [-0.2, 0) is 9.59 Å². The van der Waals surface area contributed by atoms with Crippen LogP contribution in [0.5, 0.6) is 0 Å². The number of hydrogen-bond donors (Lipinski definition) is 4. The number of amides is 2. The molecule has 1 rings (SSSR count). The Hall–Kier alpha value is -2.23. The van der Waals surface area contributed by atoms with Crippen LogP contribution < -0.4 is 10.6 Å². The fourth-order valence-electron chi connectivity index (χ4n) is 1.31. The first kappa shape index (κ1) is 16.8. The summed E-state index contributed by atoms with van der Waals surface area (Å²) in [5.74, 6) is -4.81. The van der Waals surface area contributed by atoms with Gasteiger partial charge in [0, 0.05) is 6.07 Å². The Bertz CT molecular complexity index is 596. The smallest absolute Gasteiger partial charge is 0.326 e. The zero-order valence-corrected chi connectivity index (χ0v) is 11.8. The summed E-state index contributed by atoms with van der Waals surface area (Å²) < 4.78 is 26.5. The van der Waals surface area contributed by atoms with Crippen molar-refractivity contribution in [3.63, 3.8) is 0 Å². The molecule has 0 saturated heterocycles. The second kappa shape index (κ2) is 6.97. The lowest BCUT2D eigenvalue weighted by Crippen LogP contribution is -2.44. The molecule has 114 valence electrons. The van der Waals surface area contributed by atoms with Gasteiger partial charge < -0.3 is 20.8 Å². The van der Waals surface area contributed by atoms with Gasteiger partial charge in [-0.15, -0.1) is 0 Å². The molecule has 7 nitrogen and oxygen atoms in total. The predicted molar refractivity (Wildman–Crippen MR) is 69.9 cm³/mol. The number of carbonyl (C=O) groups excluding carboxylic acids is 1. The summed E-state index contributed by atoms with van der Waals surface area (Å²) in [6.07, 6.45) is -0.861. The Labute approximate surface area is 125 Å². The van der Waals surface area contributed by atoms with Crippen molar-refractivity contribution in [1.29, 1.82) is 0 Å². The zero-order chi connectivity index (χ0) is 16.2. The number of halogens is 3. The molecule has 1 aromatic carbocycles. The monoisotopic (exact) mass is 366 g/mol. The third-order valence-corrected chi connectivity index (χ3v) is 2.85. The van der Waals surface area contributed by atoms with E-state index < -0.39 is 47.8 Å². The van der Waals surface area contributed by atoms with Crippen molar-refractivity contribution in [2.24, 2.45) is 0 Å². The van der Waals surface area contributed by atoms with Crippen LogP contribution in [0.4, 0.5) is 19.3 Å². The normalized spacial score (nSPS) is 11.6. The first-order valence-electron chi connectivity index (χ1n) is 5.37. The molecule has 0 aliphatic rings. The topological polar surface area (TPSA) is 116 Å². The minimum atomic E-state index is -1.70. The molecule has 0 aromatic heterocycles. The molecule has 1 aromatic rings. The quantitative estimate of drug-likeness (QED) is 0.592. The second-order valence-electron chi connectivity index (χ2n) is 3.83. The highest BCUT2D eigenvalue weighted by molar-refractivity contribution is 9.10. The number of anilines is 1. The highest BCUT2D eigenvalue weighted by Crippen LogP contribution is 2.23. The van der Waals surface area contributed by atoms with Crippen molar-refractivity contribution in [3.8, 4) is 0 Å². The van der Waals surface area contributed by atoms with E-state index in [9.17, 15) is 23.2 Å². The molecule has 0 aliphatic carbocycles. The number of rotatable bonds is 5. The molecule has 0 fully saturated rings. The Morgan fingerprint density at radius 3 is 2.33 bits per heavy atom. The van der Waals surface area contributed by atoms with Gasteiger partial charge in [0.05, 0.1) is 16.6 Å². The van der Waals surface area contributed by atoms with Crippen LogP contribution in [0.3, 0.4) is 0 Å². The molecular weight excluding hydrogens is 358 g/mol. The van der Waals surface area contributed by atoms with Crippen molar-refractivity contribution in [2.45, 2.75) is 12.5 Å². The third-order valence-electron chi connectivity index (χ3n) is 2.24. The van der Waals surface area contributed by atoms with Crippen LogP contribution in [0.1, 0.15) is 6.42 Å². The van der Waals surface area contributed by atoms with Gasteiger partial charge in [-0.1, -0.05) is 0 Å². The van der Waals surface area contributed by atoms with Crippen molar-refractivity contribution in [1.82, 2.24) is 5.32 Å². The van der Waals surface area contributed by atoms with Gasteiger partial charge in [-0.3, -0.25) is 4.79 Å². The number of carbonyl (C=O) groups is 3. The number of hydrogen-bond acceptors (Lipinski definition) is 3. The average molecular weight is 367 g/mol. The molecular formula is C11H9BrF2N2O5. The van der Waals surface area contributed by atoms with Gasteiger partial charge in [0.15, 0.2) is 0 Å². The summed E-state index contributed by atoms with van der Waals surface area (Å²) in [5, 5.41) is 20.9. The Morgan fingerprint density at radius 2 is 1.81 bits per heavy atom. The van der Waals surface area contributed by atoms with Gasteiger partial charge in [0.2, 0.25) is 0 Å². The summed E-state index contributed by atoms with van der Waals surface area (Å²) in [5.41, 5.74) is -0.521.